The minimum absolute atomic E-state index is 0.0273. The number of hydrogen-bond donors (Lipinski definition) is 2. The molecule has 3 amide bonds. The van der Waals surface area contributed by atoms with Crippen LogP contribution in [0, 0.1) is 12.8 Å². The summed E-state index contributed by atoms with van der Waals surface area (Å²) in [4.78, 5) is 49.8. The second-order valence-electron chi connectivity index (χ2n) is 6.67. The van der Waals surface area contributed by atoms with Gasteiger partial charge in [-0.25, -0.2) is 0 Å². The maximum absolute atomic E-state index is 12.3. The number of aryl methyl sites for hydroxylation is 1. The molecule has 2 aromatic carbocycles. The topological polar surface area (TPSA) is 105 Å². The maximum atomic E-state index is 12.3. The van der Waals surface area contributed by atoms with Crippen LogP contribution < -0.4 is 15.8 Å². The van der Waals surface area contributed by atoms with Crippen LogP contribution in [0.2, 0.25) is 0 Å². The Kier molecular flexibility index (Phi) is 6.23. The molecule has 0 aliphatic carbocycles. The van der Waals surface area contributed by atoms with Crippen molar-refractivity contribution in [3.63, 3.8) is 0 Å². The van der Waals surface area contributed by atoms with Crippen molar-refractivity contribution in [1.29, 1.82) is 0 Å². The highest BCUT2D eigenvalue weighted by Crippen LogP contribution is 2.28. The molecule has 1 heterocycles. The molecule has 0 spiro atoms. The van der Waals surface area contributed by atoms with Crippen molar-refractivity contribution in [3.05, 3.63) is 65.7 Å². The number of esters is 1. The zero-order valence-corrected chi connectivity index (χ0v) is 15.9. The first-order valence-electron chi connectivity index (χ1n) is 9.12. The van der Waals surface area contributed by atoms with Gasteiger partial charge in [0, 0.05) is 24.2 Å². The number of nitrogens with zero attached hydrogens (tertiary/aromatic N) is 1. The number of hydrogen-bond acceptors (Lipinski definition) is 5. The number of hydrazine groups is 1. The first kappa shape index (κ1) is 20.1. The summed E-state index contributed by atoms with van der Waals surface area (Å²) in [5.74, 6) is -2.60. The predicted octanol–water partition coefficient (Wildman–Crippen LogP) is 1.35. The van der Waals surface area contributed by atoms with Crippen LogP contribution in [0.4, 0.5) is 5.69 Å². The number of anilines is 1. The summed E-state index contributed by atoms with van der Waals surface area (Å²) in [7, 11) is 0. The molecule has 0 radical (unpaired) electrons. The largest absolute Gasteiger partial charge is 0.455 e. The van der Waals surface area contributed by atoms with E-state index in [2.05, 4.69) is 10.9 Å². The Balaban J connectivity index is 1.46. The van der Waals surface area contributed by atoms with Crippen LogP contribution in [-0.2, 0) is 19.1 Å². The molecule has 1 atom stereocenters. The molecule has 2 aromatic rings. The summed E-state index contributed by atoms with van der Waals surface area (Å²) in [6.45, 7) is 1.54. The summed E-state index contributed by atoms with van der Waals surface area (Å²) in [6.07, 6.45) is 0.0273. The van der Waals surface area contributed by atoms with Gasteiger partial charge >= 0.3 is 5.97 Å². The molecule has 3 rings (SSSR count). The number of carbonyl (C=O) groups excluding carboxylic acids is 4. The number of benzene rings is 2. The Morgan fingerprint density at radius 3 is 2.45 bits per heavy atom. The van der Waals surface area contributed by atoms with Crippen molar-refractivity contribution in [2.75, 3.05) is 18.1 Å². The molecule has 0 saturated carbocycles. The average Bonchev–Trinajstić information content (AvgIpc) is 3.12. The van der Waals surface area contributed by atoms with Gasteiger partial charge in [0.1, 0.15) is 0 Å². The van der Waals surface area contributed by atoms with Gasteiger partial charge in [0.2, 0.25) is 5.91 Å². The van der Waals surface area contributed by atoms with Crippen molar-refractivity contribution in [1.82, 2.24) is 10.9 Å². The Bertz CT molecular complexity index is 929. The molecule has 2 N–H and O–H groups in total. The van der Waals surface area contributed by atoms with E-state index in [9.17, 15) is 19.2 Å². The monoisotopic (exact) mass is 395 g/mol. The Hall–Kier alpha value is -3.68. The van der Waals surface area contributed by atoms with E-state index < -0.39 is 30.3 Å². The molecular weight excluding hydrogens is 374 g/mol. The smallest absolute Gasteiger partial charge is 0.311 e. The highest BCUT2D eigenvalue weighted by Gasteiger charge is 2.36. The van der Waals surface area contributed by atoms with Crippen molar-refractivity contribution < 1.29 is 23.9 Å². The molecule has 1 aliphatic rings. The number of para-hydroxylation sites is 1. The van der Waals surface area contributed by atoms with Crippen LogP contribution in [0.15, 0.2) is 54.6 Å². The maximum Gasteiger partial charge on any atom is 0.311 e. The van der Waals surface area contributed by atoms with Crippen molar-refractivity contribution in [3.8, 4) is 0 Å². The van der Waals surface area contributed by atoms with E-state index >= 15 is 0 Å². The molecule has 0 aromatic heterocycles. The number of nitrogens with one attached hydrogen (secondary N) is 2. The van der Waals surface area contributed by atoms with Gasteiger partial charge in [-0.3, -0.25) is 30.0 Å². The van der Waals surface area contributed by atoms with E-state index in [4.69, 9.17) is 4.74 Å². The van der Waals surface area contributed by atoms with E-state index in [1.165, 1.54) is 0 Å². The minimum Gasteiger partial charge on any atom is -0.455 e. The molecule has 0 bridgehead atoms. The summed E-state index contributed by atoms with van der Waals surface area (Å²) >= 11 is 0. The lowest BCUT2D eigenvalue weighted by Gasteiger charge is -2.18. The third-order valence-corrected chi connectivity index (χ3v) is 4.56. The Morgan fingerprint density at radius 1 is 1.03 bits per heavy atom. The van der Waals surface area contributed by atoms with E-state index in [0.717, 1.165) is 11.3 Å². The van der Waals surface area contributed by atoms with E-state index in [1.807, 2.05) is 31.2 Å². The van der Waals surface area contributed by atoms with Crippen LogP contribution in [0.5, 0.6) is 0 Å². The molecule has 1 fully saturated rings. The molecule has 29 heavy (non-hydrogen) atoms. The fraction of sp³-hybridized carbons (Fsp3) is 0.238. The van der Waals surface area contributed by atoms with Crippen LogP contribution in [0.3, 0.4) is 0 Å². The van der Waals surface area contributed by atoms with Gasteiger partial charge in [-0.05, 0) is 30.7 Å². The van der Waals surface area contributed by atoms with Crippen LogP contribution in [0.25, 0.3) is 0 Å². The molecule has 150 valence electrons. The lowest BCUT2D eigenvalue weighted by Crippen LogP contribution is -2.43. The molecule has 8 nitrogen and oxygen atoms in total. The normalized spacial score (nSPS) is 15.7. The fourth-order valence-corrected chi connectivity index (χ4v) is 3.04. The van der Waals surface area contributed by atoms with Gasteiger partial charge in [0.25, 0.3) is 11.8 Å². The quantitative estimate of drug-likeness (QED) is 0.587. The minimum atomic E-state index is -0.678. The van der Waals surface area contributed by atoms with Crippen LogP contribution in [0.1, 0.15) is 22.3 Å². The molecule has 1 saturated heterocycles. The molecule has 1 aliphatic heterocycles. The lowest BCUT2D eigenvalue weighted by molar-refractivity contribution is -0.152. The summed E-state index contributed by atoms with van der Waals surface area (Å²) in [6, 6.07) is 15.8. The molecular formula is C21H21N3O5. The van der Waals surface area contributed by atoms with Crippen LogP contribution >= 0.6 is 0 Å². The zero-order valence-electron chi connectivity index (χ0n) is 15.9. The van der Waals surface area contributed by atoms with Gasteiger partial charge in [-0.15, -0.1) is 0 Å². The Morgan fingerprint density at radius 2 is 1.72 bits per heavy atom. The number of rotatable bonds is 5. The zero-order chi connectivity index (χ0) is 20.8. The van der Waals surface area contributed by atoms with Gasteiger partial charge in [0.05, 0.1) is 5.92 Å². The van der Waals surface area contributed by atoms with E-state index in [-0.39, 0.29) is 18.9 Å². The van der Waals surface area contributed by atoms with Gasteiger partial charge in [-0.2, -0.15) is 0 Å². The van der Waals surface area contributed by atoms with Gasteiger partial charge in [-0.1, -0.05) is 36.4 Å². The second kappa shape index (κ2) is 9.01. The third-order valence-electron chi connectivity index (χ3n) is 4.56. The lowest BCUT2D eigenvalue weighted by atomic mass is 10.1. The van der Waals surface area contributed by atoms with Crippen molar-refractivity contribution >= 4 is 29.4 Å². The van der Waals surface area contributed by atoms with Gasteiger partial charge < -0.3 is 9.64 Å². The average molecular weight is 395 g/mol. The molecule has 0 unspecified atom stereocenters. The van der Waals surface area contributed by atoms with E-state index in [0.29, 0.717) is 5.56 Å². The highest BCUT2D eigenvalue weighted by molar-refractivity contribution is 6.00. The van der Waals surface area contributed by atoms with Crippen molar-refractivity contribution in [2.24, 2.45) is 5.92 Å². The molecule has 8 heteroatoms. The number of carbonyl (C=O) groups is 4. The second-order valence-corrected chi connectivity index (χ2v) is 6.67. The summed E-state index contributed by atoms with van der Waals surface area (Å²) in [5.41, 5.74) is 6.50. The predicted molar refractivity (Wildman–Crippen MR) is 105 cm³/mol. The SMILES string of the molecule is Cc1ccccc1N1C[C@@H](C(=O)OCC(=O)NNC(=O)c2ccccc2)CC1=O. The standard InChI is InChI=1S/C21H21N3O5/c1-14-7-5-6-10-17(14)24-12-16(11-19(24)26)21(28)29-13-18(25)22-23-20(27)15-8-3-2-4-9-15/h2-10,16H,11-13H2,1H3,(H,22,25)(H,23,27)/t16-/m0/s1. The fourth-order valence-electron chi connectivity index (χ4n) is 3.04. The number of ether oxygens (including phenoxy) is 1. The third kappa shape index (κ3) is 4.98. The first-order valence-corrected chi connectivity index (χ1v) is 9.12. The van der Waals surface area contributed by atoms with Crippen molar-refractivity contribution in [2.45, 2.75) is 13.3 Å². The highest BCUT2D eigenvalue weighted by atomic mass is 16.5. The first-order chi connectivity index (χ1) is 14.0. The Labute approximate surface area is 167 Å². The van der Waals surface area contributed by atoms with E-state index in [1.54, 1.807) is 35.2 Å². The number of amides is 3. The summed E-state index contributed by atoms with van der Waals surface area (Å²) < 4.78 is 5.01. The van der Waals surface area contributed by atoms with Gasteiger partial charge in [0.15, 0.2) is 6.61 Å². The summed E-state index contributed by atoms with van der Waals surface area (Å²) in [5, 5.41) is 0. The van der Waals surface area contributed by atoms with Crippen LogP contribution in [-0.4, -0.2) is 36.8 Å².